The van der Waals surface area contributed by atoms with E-state index in [9.17, 15) is 14.4 Å². The number of carbonyl (C=O) groups excluding carboxylic acids is 1. The first-order valence-electron chi connectivity index (χ1n) is 5.30. The molecule has 5 N–H and O–H groups in total. The lowest BCUT2D eigenvalue weighted by atomic mass is 9.99. The zero-order valence-corrected chi connectivity index (χ0v) is 9.84. The van der Waals surface area contributed by atoms with Crippen LogP contribution in [0.25, 0.3) is 0 Å². The van der Waals surface area contributed by atoms with Crippen LogP contribution < -0.4 is 11.1 Å². The van der Waals surface area contributed by atoms with Crippen molar-refractivity contribution < 1.29 is 24.6 Å². The number of carbonyl (C=O) groups is 3. The van der Waals surface area contributed by atoms with Crippen LogP contribution >= 0.6 is 0 Å². The molecular weight excluding hydrogens is 228 g/mol. The molecule has 17 heavy (non-hydrogen) atoms. The zero-order chi connectivity index (χ0) is 13.6. The summed E-state index contributed by atoms with van der Waals surface area (Å²) >= 11 is 0. The van der Waals surface area contributed by atoms with Crippen molar-refractivity contribution in [3.8, 4) is 0 Å². The summed E-state index contributed by atoms with van der Waals surface area (Å²) < 4.78 is 0. The molecule has 0 aromatic carbocycles. The van der Waals surface area contributed by atoms with E-state index in [1.165, 1.54) is 0 Å². The Kier molecular flexibility index (Phi) is 6.19. The summed E-state index contributed by atoms with van der Waals surface area (Å²) in [4.78, 5) is 32.7. The lowest BCUT2D eigenvalue weighted by Crippen LogP contribution is -2.51. The minimum atomic E-state index is -1.45. The van der Waals surface area contributed by atoms with Gasteiger partial charge in [-0.15, -0.1) is 0 Å². The Morgan fingerprint density at radius 3 is 2.18 bits per heavy atom. The summed E-state index contributed by atoms with van der Waals surface area (Å²) in [5, 5.41) is 19.3. The topological polar surface area (TPSA) is 130 Å². The van der Waals surface area contributed by atoms with Gasteiger partial charge in [-0.3, -0.25) is 9.59 Å². The number of hydrogen-bond acceptors (Lipinski definition) is 4. The van der Waals surface area contributed by atoms with Gasteiger partial charge in [-0.2, -0.15) is 0 Å². The third-order valence-electron chi connectivity index (χ3n) is 2.55. The normalized spacial score (nSPS) is 15.7. The number of nitrogens with one attached hydrogen (secondary N) is 1. The molecule has 0 spiro atoms. The molecule has 0 saturated carbocycles. The van der Waals surface area contributed by atoms with Crippen LogP contribution in [0, 0.1) is 5.92 Å². The Bertz CT molecular complexity index is 305. The predicted octanol–water partition coefficient (Wildman–Crippen LogP) is -0.596. The van der Waals surface area contributed by atoms with Gasteiger partial charge < -0.3 is 21.3 Å². The smallest absolute Gasteiger partial charge is 0.326 e. The summed E-state index contributed by atoms with van der Waals surface area (Å²) in [5.74, 6) is -3.44. The SMILES string of the molecule is CCC(C)[C@@H](N)C(=O)N[C@@H](CC(=O)O)C(=O)O. The first-order valence-corrected chi connectivity index (χ1v) is 5.30. The van der Waals surface area contributed by atoms with Crippen LogP contribution in [0.4, 0.5) is 0 Å². The highest BCUT2D eigenvalue weighted by Crippen LogP contribution is 2.06. The minimum Gasteiger partial charge on any atom is -0.481 e. The van der Waals surface area contributed by atoms with Gasteiger partial charge in [0.1, 0.15) is 6.04 Å². The van der Waals surface area contributed by atoms with Gasteiger partial charge in [-0.25, -0.2) is 4.79 Å². The van der Waals surface area contributed by atoms with Gasteiger partial charge in [0, 0.05) is 0 Å². The second-order valence-corrected chi connectivity index (χ2v) is 3.91. The maximum absolute atomic E-state index is 11.5. The highest BCUT2D eigenvalue weighted by molar-refractivity contribution is 5.89. The molecule has 0 aliphatic heterocycles. The van der Waals surface area contributed by atoms with E-state index in [0.717, 1.165) is 0 Å². The molecule has 0 rings (SSSR count). The Hall–Kier alpha value is -1.63. The maximum Gasteiger partial charge on any atom is 0.326 e. The van der Waals surface area contributed by atoms with Crippen LogP contribution in [0.3, 0.4) is 0 Å². The first kappa shape index (κ1) is 15.4. The van der Waals surface area contributed by atoms with Crippen molar-refractivity contribution in [3.05, 3.63) is 0 Å². The molecule has 1 unspecified atom stereocenters. The van der Waals surface area contributed by atoms with E-state index in [0.29, 0.717) is 6.42 Å². The van der Waals surface area contributed by atoms with Gasteiger partial charge in [-0.05, 0) is 5.92 Å². The second-order valence-electron chi connectivity index (χ2n) is 3.91. The molecule has 0 aliphatic carbocycles. The fourth-order valence-corrected chi connectivity index (χ4v) is 1.15. The van der Waals surface area contributed by atoms with Crippen LogP contribution in [-0.2, 0) is 14.4 Å². The number of aliphatic carboxylic acids is 2. The van der Waals surface area contributed by atoms with Crippen molar-refractivity contribution in [1.82, 2.24) is 5.32 Å². The van der Waals surface area contributed by atoms with Crippen LogP contribution in [0.5, 0.6) is 0 Å². The molecule has 0 radical (unpaired) electrons. The number of nitrogens with two attached hydrogens (primary N) is 1. The molecular formula is C10H18N2O5. The maximum atomic E-state index is 11.5. The molecule has 0 heterocycles. The van der Waals surface area contributed by atoms with E-state index in [-0.39, 0.29) is 5.92 Å². The van der Waals surface area contributed by atoms with E-state index >= 15 is 0 Å². The molecule has 1 amide bonds. The lowest BCUT2D eigenvalue weighted by molar-refractivity contribution is -0.147. The van der Waals surface area contributed by atoms with E-state index in [2.05, 4.69) is 5.32 Å². The number of hydrogen-bond donors (Lipinski definition) is 4. The van der Waals surface area contributed by atoms with Crippen molar-refractivity contribution in [2.24, 2.45) is 11.7 Å². The summed E-state index contributed by atoms with van der Waals surface area (Å²) in [6.07, 6.45) is -0.000442. The monoisotopic (exact) mass is 246 g/mol. The molecule has 0 saturated heterocycles. The van der Waals surface area contributed by atoms with Crippen LogP contribution in [0.1, 0.15) is 26.7 Å². The molecule has 0 fully saturated rings. The highest BCUT2D eigenvalue weighted by atomic mass is 16.4. The third-order valence-corrected chi connectivity index (χ3v) is 2.55. The molecule has 7 heteroatoms. The highest BCUT2D eigenvalue weighted by Gasteiger charge is 2.27. The molecule has 0 aromatic rings. The summed E-state index contributed by atoms with van der Waals surface area (Å²) in [6.45, 7) is 3.61. The number of carboxylic acids is 2. The van der Waals surface area contributed by atoms with Crippen molar-refractivity contribution in [1.29, 1.82) is 0 Å². The molecule has 0 aromatic heterocycles. The van der Waals surface area contributed by atoms with Crippen LogP contribution in [-0.4, -0.2) is 40.1 Å². The van der Waals surface area contributed by atoms with Crippen molar-refractivity contribution in [3.63, 3.8) is 0 Å². The third kappa shape index (κ3) is 5.30. The number of rotatable bonds is 7. The van der Waals surface area contributed by atoms with Gasteiger partial charge in [0.05, 0.1) is 12.5 Å². The van der Waals surface area contributed by atoms with Crippen LogP contribution in [0.15, 0.2) is 0 Å². The first-order chi connectivity index (χ1) is 7.79. The number of amides is 1. The molecule has 3 atom stereocenters. The van der Waals surface area contributed by atoms with E-state index in [1.807, 2.05) is 6.92 Å². The van der Waals surface area contributed by atoms with Crippen LogP contribution in [0.2, 0.25) is 0 Å². The Morgan fingerprint density at radius 1 is 1.29 bits per heavy atom. The quantitative estimate of drug-likeness (QED) is 0.474. The molecule has 0 bridgehead atoms. The molecule has 98 valence electrons. The fraction of sp³-hybridized carbons (Fsp3) is 0.700. The average molecular weight is 246 g/mol. The summed E-state index contributed by atoms with van der Waals surface area (Å²) in [7, 11) is 0. The summed E-state index contributed by atoms with van der Waals surface area (Å²) in [6, 6.07) is -2.29. The average Bonchev–Trinajstić information content (AvgIpc) is 2.25. The molecule has 7 nitrogen and oxygen atoms in total. The van der Waals surface area contributed by atoms with Crippen molar-refractivity contribution in [2.45, 2.75) is 38.8 Å². The Balaban J connectivity index is 4.50. The Labute approximate surface area is 99.0 Å². The van der Waals surface area contributed by atoms with Crippen molar-refractivity contribution in [2.75, 3.05) is 0 Å². The standard InChI is InChI=1S/C10H18N2O5/c1-3-5(2)8(11)9(15)12-6(10(16)17)4-7(13)14/h5-6,8H,3-4,11H2,1-2H3,(H,12,15)(H,13,14)(H,16,17)/t5?,6-,8+/m0/s1. The van der Waals surface area contributed by atoms with Gasteiger partial charge >= 0.3 is 11.9 Å². The van der Waals surface area contributed by atoms with Gasteiger partial charge in [0.25, 0.3) is 0 Å². The predicted molar refractivity (Wildman–Crippen MR) is 59.2 cm³/mol. The van der Waals surface area contributed by atoms with E-state index < -0.39 is 36.4 Å². The largest absolute Gasteiger partial charge is 0.481 e. The fourth-order valence-electron chi connectivity index (χ4n) is 1.15. The van der Waals surface area contributed by atoms with E-state index in [1.54, 1.807) is 6.92 Å². The lowest BCUT2D eigenvalue weighted by Gasteiger charge is -2.20. The van der Waals surface area contributed by atoms with Crippen molar-refractivity contribution >= 4 is 17.8 Å². The zero-order valence-electron chi connectivity index (χ0n) is 9.84. The Morgan fingerprint density at radius 2 is 1.82 bits per heavy atom. The van der Waals surface area contributed by atoms with Gasteiger partial charge in [-0.1, -0.05) is 20.3 Å². The summed E-state index contributed by atoms with van der Waals surface area (Å²) in [5.41, 5.74) is 5.60. The molecule has 0 aliphatic rings. The number of carboxylic acid groups (broad SMARTS) is 2. The van der Waals surface area contributed by atoms with Gasteiger partial charge in [0.15, 0.2) is 0 Å². The minimum absolute atomic E-state index is 0.103. The van der Waals surface area contributed by atoms with Gasteiger partial charge in [0.2, 0.25) is 5.91 Å². The second kappa shape index (κ2) is 6.85. The van der Waals surface area contributed by atoms with E-state index in [4.69, 9.17) is 15.9 Å².